The van der Waals surface area contributed by atoms with Crippen molar-refractivity contribution >= 4 is 21.8 Å². The average Bonchev–Trinajstić information content (AvgIpc) is 2.78. The molecule has 2 aliphatic rings. The van der Waals surface area contributed by atoms with Crippen molar-refractivity contribution in [3.8, 4) is 0 Å². The fraction of sp³-hybridized carbons (Fsp3) is 0.529. The Labute approximate surface area is 148 Å². The lowest BCUT2D eigenvalue weighted by atomic mass is 10.1. The SMILES string of the molecule is CN1CCC(NC(=O)CCCN2C(=O)c3ccccc3S2(=O)=O)CC1. The number of amides is 2. The number of fused-ring (bicyclic) bond motifs is 1. The monoisotopic (exact) mass is 365 g/mol. The minimum absolute atomic E-state index is 0.0245. The molecule has 0 unspecified atom stereocenters. The molecule has 0 radical (unpaired) electrons. The van der Waals surface area contributed by atoms with Crippen LogP contribution in [-0.4, -0.2) is 62.2 Å². The maximum atomic E-state index is 12.4. The summed E-state index contributed by atoms with van der Waals surface area (Å²) in [6, 6.07) is 6.38. The van der Waals surface area contributed by atoms with Gasteiger partial charge in [0, 0.05) is 19.0 Å². The number of benzene rings is 1. The highest BCUT2D eigenvalue weighted by molar-refractivity contribution is 7.90. The Morgan fingerprint density at radius 3 is 2.60 bits per heavy atom. The zero-order chi connectivity index (χ0) is 18.0. The van der Waals surface area contributed by atoms with E-state index in [-0.39, 0.29) is 35.4 Å². The third kappa shape index (κ3) is 3.69. The number of carbonyl (C=O) groups is 2. The highest BCUT2D eigenvalue weighted by Gasteiger charge is 2.40. The van der Waals surface area contributed by atoms with Crippen LogP contribution >= 0.6 is 0 Å². The highest BCUT2D eigenvalue weighted by atomic mass is 32.2. The Kier molecular flexibility index (Phi) is 5.10. The van der Waals surface area contributed by atoms with E-state index >= 15 is 0 Å². The number of rotatable bonds is 5. The summed E-state index contributed by atoms with van der Waals surface area (Å²) >= 11 is 0. The molecule has 1 N–H and O–H groups in total. The number of hydrogen-bond acceptors (Lipinski definition) is 5. The normalized spacial score (nSPS) is 20.5. The Morgan fingerprint density at radius 2 is 1.92 bits per heavy atom. The summed E-state index contributed by atoms with van der Waals surface area (Å²) in [5.41, 5.74) is 0.207. The van der Waals surface area contributed by atoms with Crippen LogP contribution in [0.15, 0.2) is 29.2 Å². The van der Waals surface area contributed by atoms with Crippen LogP contribution in [0.1, 0.15) is 36.0 Å². The van der Waals surface area contributed by atoms with Gasteiger partial charge in [0.1, 0.15) is 4.90 Å². The lowest BCUT2D eigenvalue weighted by Crippen LogP contribution is -2.43. The first-order chi connectivity index (χ1) is 11.9. The van der Waals surface area contributed by atoms with E-state index in [1.54, 1.807) is 12.1 Å². The summed E-state index contributed by atoms with van der Waals surface area (Å²) in [5, 5.41) is 3.00. The molecule has 136 valence electrons. The molecule has 25 heavy (non-hydrogen) atoms. The molecule has 2 heterocycles. The molecule has 2 amide bonds. The van der Waals surface area contributed by atoms with Gasteiger partial charge in [0.15, 0.2) is 0 Å². The quantitative estimate of drug-likeness (QED) is 0.835. The maximum Gasteiger partial charge on any atom is 0.269 e. The van der Waals surface area contributed by atoms with Gasteiger partial charge >= 0.3 is 0 Å². The second-order valence-electron chi connectivity index (χ2n) is 6.63. The third-order valence-electron chi connectivity index (χ3n) is 4.76. The summed E-state index contributed by atoms with van der Waals surface area (Å²) in [5.74, 6) is -0.595. The number of likely N-dealkylation sites (tertiary alicyclic amines) is 1. The van der Waals surface area contributed by atoms with E-state index < -0.39 is 15.9 Å². The molecule has 3 rings (SSSR count). The van der Waals surface area contributed by atoms with E-state index in [1.807, 2.05) is 0 Å². The van der Waals surface area contributed by atoms with Crippen LogP contribution in [0, 0.1) is 0 Å². The summed E-state index contributed by atoms with van der Waals surface area (Å²) in [6.07, 6.45) is 2.38. The predicted octanol–water partition coefficient (Wildman–Crippen LogP) is 0.822. The van der Waals surface area contributed by atoms with E-state index in [0.717, 1.165) is 30.2 Å². The number of carbonyl (C=O) groups excluding carboxylic acids is 2. The molecule has 0 bridgehead atoms. The maximum absolute atomic E-state index is 12.4. The van der Waals surface area contributed by atoms with E-state index in [1.165, 1.54) is 12.1 Å². The van der Waals surface area contributed by atoms with Crippen molar-refractivity contribution in [3.05, 3.63) is 29.8 Å². The Hall–Kier alpha value is -1.93. The summed E-state index contributed by atoms with van der Waals surface area (Å²) in [7, 11) is -1.72. The largest absolute Gasteiger partial charge is 0.353 e. The number of hydrogen-bond donors (Lipinski definition) is 1. The number of nitrogens with one attached hydrogen (secondary N) is 1. The van der Waals surface area contributed by atoms with Gasteiger partial charge < -0.3 is 10.2 Å². The zero-order valence-corrected chi connectivity index (χ0v) is 15.1. The number of nitrogens with zero attached hydrogens (tertiary/aromatic N) is 2. The van der Waals surface area contributed by atoms with E-state index in [2.05, 4.69) is 17.3 Å². The first-order valence-corrected chi connectivity index (χ1v) is 9.97. The Morgan fingerprint density at radius 1 is 1.24 bits per heavy atom. The molecule has 1 aromatic rings. The van der Waals surface area contributed by atoms with Crippen molar-refractivity contribution in [3.63, 3.8) is 0 Å². The second kappa shape index (κ2) is 7.13. The van der Waals surface area contributed by atoms with Gasteiger partial charge in [-0.15, -0.1) is 0 Å². The third-order valence-corrected chi connectivity index (χ3v) is 6.60. The van der Waals surface area contributed by atoms with Gasteiger partial charge in [-0.05, 0) is 51.5 Å². The molecule has 1 saturated heterocycles. The molecular weight excluding hydrogens is 342 g/mol. The van der Waals surface area contributed by atoms with E-state index in [0.29, 0.717) is 6.42 Å². The Balaban J connectivity index is 1.51. The van der Waals surface area contributed by atoms with Crippen LogP contribution in [0.2, 0.25) is 0 Å². The summed E-state index contributed by atoms with van der Waals surface area (Å²) in [6.45, 7) is 1.95. The van der Waals surface area contributed by atoms with Crippen molar-refractivity contribution in [2.24, 2.45) is 0 Å². The molecular formula is C17H23N3O4S. The minimum atomic E-state index is -3.78. The van der Waals surface area contributed by atoms with Crippen LogP contribution in [0.4, 0.5) is 0 Å². The second-order valence-corrected chi connectivity index (χ2v) is 8.46. The fourth-order valence-electron chi connectivity index (χ4n) is 3.29. The van der Waals surface area contributed by atoms with E-state index in [9.17, 15) is 18.0 Å². The van der Waals surface area contributed by atoms with Crippen molar-refractivity contribution in [2.45, 2.75) is 36.6 Å². The van der Waals surface area contributed by atoms with Crippen molar-refractivity contribution in [2.75, 3.05) is 26.7 Å². The molecule has 8 heteroatoms. The predicted molar refractivity (Wildman–Crippen MR) is 92.6 cm³/mol. The molecule has 0 aliphatic carbocycles. The van der Waals surface area contributed by atoms with Gasteiger partial charge in [-0.1, -0.05) is 12.1 Å². The van der Waals surface area contributed by atoms with Gasteiger partial charge in [-0.25, -0.2) is 12.7 Å². The fourth-order valence-corrected chi connectivity index (χ4v) is 4.90. The van der Waals surface area contributed by atoms with Crippen molar-refractivity contribution in [1.82, 2.24) is 14.5 Å². The van der Waals surface area contributed by atoms with Crippen molar-refractivity contribution < 1.29 is 18.0 Å². The van der Waals surface area contributed by atoms with Crippen molar-refractivity contribution in [1.29, 1.82) is 0 Å². The first kappa shape index (κ1) is 17.9. The molecule has 2 aliphatic heterocycles. The summed E-state index contributed by atoms with van der Waals surface area (Å²) in [4.78, 5) is 26.6. The molecule has 0 spiro atoms. The van der Waals surface area contributed by atoms with Gasteiger partial charge in [0.25, 0.3) is 15.9 Å². The number of sulfonamides is 1. The molecule has 0 saturated carbocycles. The lowest BCUT2D eigenvalue weighted by Gasteiger charge is -2.29. The van der Waals surface area contributed by atoms with Crippen LogP contribution in [0.3, 0.4) is 0 Å². The molecule has 1 fully saturated rings. The minimum Gasteiger partial charge on any atom is -0.353 e. The lowest BCUT2D eigenvalue weighted by molar-refractivity contribution is -0.122. The van der Waals surface area contributed by atoms with Gasteiger partial charge in [0.05, 0.1) is 5.56 Å². The smallest absolute Gasteiger partial charge is 0.269 e. The molecule has 0 atom stereocenters. The average molecular weight is 365 g/mol. The zero-order valence-electron chi connectivity index (χ0n) is 14.3. The topological polar surface area (TPSA) is 86.8 Å². The van der Waals surface area contributed by atoms with Crippen LogP contribution < -0.4 is 5.32 Å². The summed E-state index contributed by atoms with van der Waals surface area (Å²) < 4.78 is 25.7. The molecule has 0 aromatic heterocycles. The standard InChI is InChI=1S/C17H23N3O4S/c1-19-11-8-13(9-12-19)18-16(21)7-4-10-20-17(22)14-5-2-3-6-15(14)25(20,23)24/h2-3,5-6,13H,4,7-12H2,1H3,(H,18,21). The van der Waals surface area contributed by atoms with Crippen LogP contribution in [0.5, 0.6) is 0 Å². The van der Waals surface area contributed by atoms with E-state index in [4.69, 9.17) is 0 Å². The number of piperidine rings is 1. The van der Waals surface area contributed by atoms with Gasteiger partial charge in [-0.2, -0.15) is 0 Å². The first-order valence-electron chi connectivity index (χ1n) is 8.53. The van der Waals surface area contributed by atoms with Gasteiger partial charge in [-0.3, -0.25) is 9.59 Å². The van der Waals surface area contributed by atoms with Crippen LogP contribution in [0.25, 0.3) is 0 Å². The van der Waals surface area contributed by atoms with Gasteiger partial charge in [0.2, 0.25) is 5.91 Å². The van der Waals surface area contributed by atoms with Crippen LogP contribution in [-0.2, 0) is 14.8 Å². The molecule has 1 aromatic carbocycles. The Bertz CT molecular complexity index is 770. The molecule has 7 nitrogen and oxygen atoms in total. The highest BCUT2D eigenvalue weighted by Crippen LogP contribution is 2.29.